The molecule has 0 radical (unpaired) electrons. The van der Waals surface area contributed by atoms with E-state index in [-0.39, 0.29) is 17.1 Å². The Morgan fingerprint density at radius 2 is 1.74 bits per heavy atom. The molecule has 1 heterocycles. The number of aromatic nitrogens is 1. The molecule has 0 fully saturated rings. The van der Waals surface area contributed by atoms with Crippen LogP contribution in [-0.2, 0) is 0 Å². The van der Waals surface area contributed by atoms with E-state index >= 15 is 0 Å². The first kappa shape index (κ1) is 15.4. The largest absolute Gasteiger partial charge is 0.506 e. The van der Waals surface area contributed by atoms with E-state index in [0.29, 0.717) is 15.8 Å². The number of phenolic OH excluding ortho intramolecular Hbond substituents is 1. The third kappa shape index (κ3) is 3.47. The van der Waals surface area contributed by atoms with Gasteiger partial charge in [-0.2, -0.15) is 0 Å². The molecule has 0 aliphatic heterocycles. The number of nitrogens with one attached hydrogen (secondary N) is 1. The van der Waals surface area contributed by atoms with Gasteiger partial charge in [-0.1, -0.05) is 28.4 Å². The second kappa shape index (κ2) is 6.32. The summed E-state index contributed by atoms with van der Waals surface area (Å²) >= 11 is 11.7. The molecule has 2 aromatic carbocycles. The van der Waals surface area contributed by atoms with Crippen molar-refractivity contribution in [1.82, 2.24) is 5.16 Å². The van der Waals surface area contributed by atoms with E-state index in [2.05, 4.69) is 10.5 Å². The maximum absolute atomic E-state index is 12.2. The molecule has 23 heavy (non-hydrogen) atoms. The zero-order valence-corrected chi connectivity index (χ0v) is 13.1. The molecule has 5 nitrogen and oxygen atoms in total. The van der Waals surface area contributed by atoms with Crippen LogP contribution in [0, 0.1) is 0 Å². The number of phenols is 1. The Morgan fingerprint density at radius 1 is 1.04 bits per heavy atom. The van der Waals surface area contributed by atoms with Crippen molar-refractivity contribution in [2.45, 2.75) is 0 Å². The average molecular weight is 349 g/mol. The standard InChI is InChI=1S/C16H10Cl2N2O3/c17-10-3-1-9(2-4-10)15-8-13(20-23-15)16(22)19-12-7-11(18)5-6-14(12)21/h1-8,21H,(H,19,22). The van der Waals surface area contributed by atoms with Crippen molar-refractivity contribution in [3.63, 3.8) is 0 Å². The van der Waals surface area contributed by atoms with E-state index in [4.69, 9.17) is 27.7 Å². The van der Waals surface area contributed by atoms with Crippen LogP contribution in [0.5, 0.6) is 5.75 Å². The normalized spacial score (nSPS) is 10.5. The van der Waals surface area contributed by atoms with Crippen LogP contribution in [-0.4, -0.2) is 16.2 Å². The molecule has 0 aliphatic carbocycles. The Hall–Kier alpha value is -2.50. The number of benzene rings is 2. The van der Waals surface area contributed by atoms with Gasteiger partial charge in [0.05, 0.1) is 5.69 Å². The lowest BCUT2D eigenvalue weighted by atomic mass is 10.1. The second-order valence-corrected chi connectivity index (χ2v) is 5.57. The van der Waals surface area contributed by atoms with Crippen LogP contribution in [0.15, 0.2) is 53.1 Å². The van der Waals surface area contributed by atoms with Gasteiger partial charge in [0.25, 0.3) is 5.91 Å². The molecule has 0 saturated carbocycles. The summed E-state index contributed by atoms with van der Waals surface area (Å²) in [6.07, 6.45) is 0. The van der Waals surface area contributed by atoms with Crippen LogP contribution in [0.4, 0.5) is 5.69 Å². The highest BCUT2D eigenvalue weighted by Crippen LogP contribution is 2.27. The number of anilines is 1. The molecular formula is C16H10Cl2N2O3. The van der Waals surface area contributed by atoms with Gasteiger partial charge in [-0.3, -0.25) is 4.79 Å². The molecule has 0 unspecified atom stereocenters. The third-order valence-electron chi connectivity index (χ3n) is 3.08. The number of carbonyl (C=O) groups is 1. The number of hydrogen-bond donors (Lipinski definition) is 2. The van der Waals surface area contributed by atoms with Crippen molar-refractivity contribution in [1.29, 1.82) is 0 Å². The maximum Gasteiger partial charge on any atom is 0.277 e. The predicted molar refractivity (Wildman–Crippen MR) is 88.0 cm³/mol. The number of nitrogens with zero attached hydrogens (tertiary/aromatic N) is 1. The molecule has 0 bridgehead atoms. The minimum atomic E-state index is -0.522. The fraction of sp³-hybridized carbons (Fsp3) is 0. The lowest BCUT2D eigenvalue weighted by Crippen LogP contribution is -2.12. The number of halogens is 2. The van der Waals surface area contributed by atoms with E-state index in [9.17, 15) is 9.90 Å². The number of rotatable bonds is 3. The van der Waals surface area contributed by atoms with Gasteiger partial charge in [-0.05, 0) is 42.5 Å². The van der Waals surface area contributed by atoms with E-state index in [1.807, 2.05) is 0 Å². The fourth-order valence-corrected chi connectivity index (χ4v) is 2.23. The van der Waals surface area contributed by atoms with Crippen LogP contribution in [0.3, 0.4) is 0 Å². The van der Waals surface area contributed by atoms with Gasteiger partial charge in [-0.15, -0.1) is 0 Å². The monoisotopic (exact) mass is 348 g/mol. The van der Waals surface area contributed by atoms with Gasteiger partial charge in [0.15, 0.2) is 11.5 Å². The minimum absolute atomic E-state index is 0.0781. The first-order valence-corrected chi connectivity index (χ1v) is 7.31. The van der Waals surface area contributed by atoms with Gasteiger partial charge in [0, 0.05) is 21.7 Å². The number of amides is 1. The lowest BCUT2D eigenvalue weighted by molar-refractivity contribution is 0.101. The summed E-state index contributed by atoms with van der Waals surface area (Å²) in [4.78, 5) is 12.2. The molecule has 0 spiro atoms. The summed E-state index contributed by atoms with van der Waals surface area (Å²) in [7, 11) is 0. The van der Waals surface area contributed by atoms with Gasteiger partial charge in [0.2, 0.25) is 0 Å². The second-order valence-electron chi connectivity index (χ2n) is 4.70. The van der Waals surface area contributed by atoms with Gasteiger partial charge < -0.3 is 14.9 Å². The predicted octanol–water partition coefficient (Wildman–Crippen LogP) is 4.61. The van der Waals surface area contributed by atoms with Crippen molar-refractivity contribution in [2.24, 2.45) is 0 Å². The molecule has 2 N–H and O–H groups in total. The SMILES string of the molecule is O=C(Nc1cc(Cl)ccc1O)c1cc(-c2ccc(Cl)cc2)on1. The van der Waals surface area contributed by atoms with Gasteiger partial charge in [0.1, 0.15) is 5.75 Å². The van der Waals surface area contributed by atoms with E-state index in [1.165, 1.54) is 24.3 Å². The molecule has 1 amide bonds. The first-order chi connectivity index (χ1) is 11.0. The third-order valence-corrected chi connectivity index (χ3v) is 3.57. The Balaban J connectivity index is 1.81. The first-order valence-electron chi connectivity index (χ1n) is 6.55. The van der Waals surface area contributed by atoms with E-state index in [1.54, 1.807) is 24.3 Å². The summed E-state index contributed by atoms with van der Waals surface area (Å²) in [6.45, 7) is 0. The number of carbonyl (C=O) groups excluding carboxylic acids is 1. The molecule has 3 aromatic rings. The van der Waals surface area contributed by atoms with Crippen LogP contribution in [0.2, 0.25) is 10.0 Å². The molecule has 3 rings (SSSR count). The zero-order chi connectivity index (χ0) is 16.4. The minimum Gasteiger partial charge on any atom is -0.506 e. The van der Waals surface area contributed by atoms with Gasteiger partial charge >= 0.3 is 0 Å². The molecular weight excluding hydrogens is 339 g/mol. The van der Waals surface area contributed by atoms with Crippen LogP contribution < -0.4 is 5.32 Å². The molecule has 7 heteroatoms. The van der Waals surface area contributed by atoms with Crippen molar-refractivity contribution < 1.29 is 14.4 Å². The summed E-state index contributed by atoms with van der Waals surface area (Å²) in [5, 5.41) is 17.0. The maximum atomic E-state index is 12.2. The smallest absolute Gasteiger partial charge is 0.277 e. The summed E-state index contributed by atoms with van der Waals surface area (Å²) in [6, 6.07) is 12.8. The van der Waals surface area contributed by atoms with Crippen molar-refractivity contribution >= 4 is 34.8 Å². The summed E-state index contributed by atoms with van der Waals surface area (Å²) < 4.78 is 5.16. The Kier molecular flexibility index (Phi) is 4.23. The Morgan fingerprint density at radius 3 is 2.48 bits per heavy atom. The topological polar surface area (TPSA) is 75.4 Å². The Labute approximate surface area is 141 Å². The summed E-state index contributed by atoms with van der Waals surface area (Å²) in [5.74, 6) is -0.183. The highest BCUT2D eigenvalue weighted by atomic mass is 35.5. The average Bonchev–Trinajstić information content (AvgIpc) is 3.02. The van der Waals surface area contributed by atoms with Gasteiger partial charge in [-0.25, -0.2) is 0 Å². The molecule has 1 aromatic heterocycles. The number of aromatic hydroxyl groups is 1. The quantitative estimate of drug-likeness (QED) is 0.678. The van der Waals surface area contributed by atoms with Crippen LogP contribution in [0.1, 0.15) is 10.5 Å². The summed E-state index contributed by atoms with van der Waals surface area (Å²) in [5.41, 5.74) is 1.01. The highest BCUT2D eigenvalue weighted by molar-refractivity contribution is 6.31. The van der Waals surface area contributed by atoms with Crippen molar-refractivity contribution in [3.8, 4) is 17.1 Å². The Bertz CT molecular complexity index is 860. The number of hydrogen-bond acceptors (Lipinski definition) is 4. The van der Waals surface area contributed by atoms with E-state index < -0.39 is 5.91 Å². The van der Waals surface area contributed by atoms with Crippen LogP contribution in [0.25, 0.3) is 11.3 Å². The fourth-order valence-electron chi connectivity index (χ4n) is 1.93. The van der Waals surface area contributed by atoms with Crippen molar-refractivity contribution in [3.05, 3.63) is 64.3 Å². The highest BCUT2D eigenvalue weighted by Gasteiger charge is 2.15. The molecule has 0 saturated heterocycles. The van der Waals surface area contributed by atoms with Crippen LogP contribution >= 0.6 is 23.2 Å². The van der Waals surface area contributed by atoms with Crippen molar-refractivity contribution in [2.75, 3.05) is 5.32 Å². The molecule has 0 atom stereocenters. The molecule has 116 valence electrons. The molecule has 0 aliphatic rings. The van der Waals surface area contributed by atoms with E-state index in [0.717, 1.165) is 5.56 Å². The lowest BCUT2D eigenvalue weighted by Gasteiger charge is -2.05. The zero-order valence-electron chi connectivity index (χ0n) is 11.6.